The quantitative estimate of drug-likeness (QED) is 0.0909. The van der Waals surface area contributed by atoms with Crippen LogP contribution < -0.4 is 16.0 Å². The van der Waals surface area contributed by atoms with E-state index in [0.29, 0.717) is 0 Å². The molecule has 0 saturated heterocycles. The van der Waals surface area contributed by atoms with Gasteiger partial charge in [0.2, 0.25) is 11.8 Å². The molecule has 0 aromatic carbocycles. The number of carbonyl (C=O) groups is 2. The van der Waals surface area contributed by atoms with Crippen LogP contribution in [0.4, 0.5) is 0 Å². The molecule has 15 nitrogen and oxygen atoms in total. The minimum absolute atomic E-state index is 0.0246. The van der Waals surface area contributed by atoms with Crippen molar-refractivity contribution in [1.82, 2.24) is 16.0 Å². The molecular formula is C18H37N3O12. The van der Waals surface area contributed by atoms with E-state index in [1.807, 2.05) is 0 Å². The maximum Gasteiger partial charge on any atom is 0.237 e. The molecule has 0 heterocycles. The highest BCUT2D eigenvalue weighted by atomic mass is 16.4. The molecule has 0 spiro atoms. The zero-order valence-corrected chi connectivity index (χ0v) is 18.2. The van der Waals surface area contributed by atoms with E-state index in [4.69, 9.17) is 10.2 Å². The largest absolute Gasteiger partial charge is 0.394 e. The van der Waals surface area contributed by atoms with E-state index in [0.717, 1.165) is 0 Å². The van der Waals surface area contributed by atoms with Crippen LogP contribution in [0.3, 0.4) is 0 Å². The Morgan fingerprint density at radius 3 is 1.45 bits per heavy atom. The van der Waals surface area contributed by atoms with Crippen LogP contribution in [0.15, 0.2) is 0 Å². The van der Waals surface area contributed by atoms with Gasteiger partial charge >= 0.3 is 0 Å². The number of amides is 2. The highest BCUT2D eigenvalue weighted by Gasteiger charge is 2.31. The summed E-state index contributed by atoms with van der Waals surface area (Å²) in [5, 5.41) is 101. The fourth-order valence-electron chi connectivity index (χ4n) is 2.69. The van der Waals surface area contributed by atoms with Gasteiger partial charge in [-0.05, 0) is 13.5 Å². The van der Waals surface area contributed by atoms with Gasteiger partial charge in [0.1, 0.15) is 36.6 Å². The second-order valence-electron chi connectivity index (χ2n) is 7.53. The SMILES string of the molecule is CNC(CCC(=O)NC[C@H](O)[C@@H](O)[C@H](O)[C@H](O)CO)C(=O)NC[C@H](O)[C@@H](O)[C@H](O)[C@H](O)CO. The Bertz CT molecular complexity index is 572. The number of rotatable bonds is 17. The van der Waals surface area contributed by atoms with E-state index >= 15 is 0 Å². The molecular weight excluding hydrogens is 450 g/mol. The van der Waals surface area contributed by atoms with Crippen molar-refractivity contribution in [2.45, 2.75) is 67.7 Å². The second-order valence-corrected chi connectivity index (χ2v) is 7.53. The lowest BCUT2D eigenvalue weighted by atomic mass is 10.0. The van der Waals surface area contributed by atoms with Crippen molar-refractivity contribution in [3.05, 3.63) is 0 Å². The molecule has 0 aliphatic carbocycles. The molecule has 0 radical (unpaired) electrons. The highest BCUT2D eigenvalue weighted by molar-refractivity contribution is 5.83. The van der Waals surface area contributed by atoms with Crippen LogP contribution >= 0.6 is 0 Å². The first-order chi connectivity index (χ1) is 15.4. The molecule has 0 saturated carbocycles. The fraction of sp³-hybridized carbons (Fsp3) is 0.889. The van der Waals surface area contributed by atoms with Gasteiger partial charge in [-0.15, -0.1) is 0 Å². The first-order valence-electron chi connectivity index (χ1n) is 10.3. The molecule has 1 unspecified atom stereocenters. The van der Waals surface area contributed by atoms with Gasteiger partial charge in [0.25, 0.3) is 0 Å². The fourth-order valence-corrected chi connectivity index (χ4v) is 2.69. The van der Waals surface area contributed by atoms with Crippen LogP contribution in [-0.2, 0) is 9.59 Å². The molecule has 9 atom stereocenters. The van der Waals surface area contributed by atoms with E-state index in [1.165, 1.54) is 7.05 Å². The molecule has 0 aliphatic rings. The Morgan fingerprint density at radius 1 is 0.667 bits per heavy atom. The molecule has 0 bridgehead atoms. The summed E-state index contributed by atoms with van der Waals surface area (Å²) in [5.41, 5.74) is 0. The summed E-state index contributed by atoms with van der Waals surface area (Å²) in [6, 6.07) is -0.898. The summed E-state index contributed by atoms with van der Waals surface area (Å²) in [6.45, 7) is -2.66. The summed E-state index contributed by atoms with van der Waals surface area (Å²) in [6.07, 6.45) is -14.2. The van der Waals surface area contributed by atoms with Gasteiger partial charge in [-0.25, -0.2) is 0 Å². The monoisotopic (exact) mass is 487 g/mol. The third kappa shape index (κ3) is 11.0. The number of aliphatic hydroxyl groups excluding tert-OH is 10. The first kappa shape index (κ1) is 31.5. The molecule has 0 rings (SSSR count). The van der Waals surface area contributed by atoms with Crippen LogP contribution in [0.2, 0.25) is 0 Å². The third-order valence-corrected chi connectivity index (χ3v) is 4.97. The number of hydrogen-bond donors (Lipinski definition) is 13. The van der Waals surface area contributed by atoms with Gasteiger partial charge in [0.05, 0.1) is 31.5 Å². The Kier molecular flexibility index (Phi) is 15.4. The van der Waals surface area contributed by atoms with Crippen LogP contribution in [0.5, 0.6) is 0 Å². The third-order valence-electron chi connectivity index (χ3n) is 4.97. The molecule has 13 N–H and O–H groups in total. The summed E-state index contributed by atoms with van der Waals surface area (Å²) in [7, 11) is 1.43. The maximum absolute atomic E-state index is 12.2. The van der Waals surface area contributed by atoms with Crippen molar-refractivity contribution < 1.29 is 60.7 Å². The smallest absolute Gasteiger partial charge is 0.237 e. The van der Waals surface area contributed by atoms with Crippen LogP contribution in [-0.4, -0.2) is 151 Å². The Hall–Kier alpha value is -1.50. The van der Waals surface area contributed by atoms with Gasteiger partial charge in [-0.1, -0.05) is 0 Å². The summed E-state index contributed by atoms with van der Waals surface area (Å²) >= 11 is 0. The topological polar surface area (TPSA) is 273 Å². The summed E-state index contributed by atoms with van der Waals surface area (Å²) in [4.78, 5) is 24.1. The number of nitrogens with one attached hydrogen (secondary N) is 3. The molecule has 15 heteroatoms. The van der Waals surface area contributed by atoms with Gasteiger partial charge in [0.15, 0.2) is 0 Å². The van der Waals surface area contributed by atoms with Crippen molar-refractivity contribution in [3.8, 4) is 0 Å². The minimum Gasteiger partial charge on any atom is -0.394 e. The summed E-state index contributed by atoms with van der Waals surface area (Å²) in [5.74, 6) is -1.26. The van der Waals surface area contributed by atoms with E-state index in [1.54, 1.807) is 0 Å². The Morgan fingerprint density at radius 2 is 1.06 bits per heavy atom. The van der Waals surface area contributed by atoms with Crippen molar-refractivity contribution in [2.24, 2.45) is 0 Å². The van der Waals surface area contributed by atoms with E-state index in [2.05, 4.69) is 16.0 Å². The van der Waals surface area contributed by atoms with Gasteiger partial charge in [-0.3, -0.25) is 9.59 Å². The molecule has 196 valence electrons. The zero-order chi connectivity index (χ0) is 25.7. The van der Waals surface area contributed by atoms with Crippen molar-refractivity contribution in [2.75, 3.05) is 33.4 Å². The lowest BCUT2D eigenvalue weighted by Gasteiger charge is -2.26. The predicted molar refractivity (Wildman–Crippen MR) is 110 cm³/mol. The number of hydrogen-bond acceptors (Lipinski definition) is 13. The van der Waals surface area contributed by atoms with Crippen molar-refractivity contribution in [3.63, 3.8) is 0 Å². The Labute approximate surface area is 190 Å². The molecule has 2 amide bonds. The standard InChI is InChI=1S/C18H37N3O12/c1-19-8(18(33)21-5-10(25)15(30)17(32)12(27)7-23)2-3-13(28)20-4-9(24)14(29)16(31)11(26)6-22/h8-12,14-17,19,22-27,29-32H,2-7H2,1H3,(H,20,28)(H,21,33)/t8?,9-,10-,11+,12+,14+,15+,16+,17+/m0/s1. The normalized spacial score (nSPS) is 20.0. The zero-order valence-electron chi connectivity index (χ0n) is 18.2. The number of likely N-dealkylation sites (N-methyl/N-ethyl adjacent to an activating group) is 1. The molecule has 0 aromatic heterocycles. The highest BCUT2D eigenvalue weighted by Crippen LogP contribution is 2.06. The molecule has 0 fully saturated rings. The molecule has 33 heavy (non-hydrogen) atoms. The van der Waals surface area contributed by atoms with Crippen molar-refractivity contribution in [1.29, 1.82) is 0 Å². The lowest BCUT2D eigenvalue weighted by Crippen LogP contribution is -2.52. The molecule has 0 aliphatic heterocycles. The Balaban J connectivity index is 4.47. The van der Waals surface area contributed by atoms with Gasteiger partial charge in [0, 0.05) is 19.5 Å². The van der Waals surface area contributed by atoms with Gasteiger partial charge in [-0.2, -0.15) is 0 Å². The predicted octanol–water partition coefficient (Wildman–Crippen LogP) is -7.54. The minimum atomic E-state index is -1.84. The van der Waals surface area contributed by atoms with E-state index < -0.39 is 93.0 Å². The van der Waals surface area contributed by atoms with Crippen LogP contribution in [0, 0.1) is 0 Å². The second kappa shape index (κ2) is 16.2. The number of aliphatic hydroxyl groups is 10. The van der Waals surface area contributed by atoms with Crippen molar-refractivity contribution >= 4 is 11.8 Å². The first-order valence-corrected chi connectivity index (χ1v) is 10.3. The van der Waals surface area contributed by atoms with Crippen LogP contribution in [0.1, 0.15) is 12.8 Å². The lowest BCUT2D eigenvalue weighted by molar-refractivity contribution is -0.128. The summed E-state index contributed by atoms with van der Waals surface area (Å²) < 4.78 is 0. The maximum atomic E-state index is 12.2. The number of carbonyl (C=O) groups excluding carboxylic acids is 2. The average molecular weight is 488 g/mol. The van der Waals surface area contributed by atoms with Gasteiger partial charge < -0.3 is 67.0 Å². The molecule has 0 aromatic rings. The van der Waals surface area contributed by atoms with E-state index in [9.17, 15) is 50.4 Å². The van der Waals surface area contributed by atoms with E-state index in [-0.39, 0.29) is 12.8 Å². The van der Waals surface area contributed by atoms with Crippen LogP contribution in [0.25, 0.3) is 0 Å². The average Bonchev–Trinajstić information content (AvgIpc) is 2.82.